The first-order valence-electron chi connectivity index (χ1n) is 9.37. The van der Waals surface area contributed by atoms with Crippen LogP contribution in [0, 0.1) is 5.92 Å². The molecule has 1 aliphatic rings. The van der Waals surface area contributed by atoms with Gasteiger partial charge in [-0.3, -0.25) is 9.59 Å². The van der Waals surface area contributed by atoms with Crippen LogP contribution >= 0.6 is 11.6 Å². The molecule has 1 heterocycles. The Morgan fingerprint density at radius 2 is 1.81 bits per heavy atom. The lowest BCUT2D eigenvalue weighted by molar-refractivity contribution is -0.125. The topological polar surface area (TPSA) is 84.2 Å². The highest BCUT2D eigenvalue weighted by Gasteiger charge is 2.21. The van der Waals surface area contributed by atoms with Crippen molar-refractivity contribution in [2.75, 3.05) is 13.1 Å². The average molecular weight is 390 g/mol. The molecule has 2 aromatic rings. The lowest BCUT2D eigenvalue weighted by Gasteiger charge is -2.10. The molecule has 3 rings (SSSR count). The molecule has 27 heavy (non-hydrogen) atoms. The van der Waals surface area contributed by atoms with E-state index in [1.54, 1.807) is 18.3 Å². The molecule has 2 amide bonds. The third kappa shape index (κ3) is 5.82. The van der Waals surface area contributed by atoms with Crippen LogP contribution < -0.4 is 10.6 Å². The molecular weight excluding hydrogens is 366 g/mol. The van der Waals surface area contributed by atoms with E-state index in [9.17, 15) is 9.59 Å². The molecule has 1 aromatic heterocycles. The van der Waals surface area contributed by atoms with Gasteiger partial charge in [-0.25, -0.2) is 4.98 Å². The van der Waals surface area contributed by atoms with Gasteiger partial charge in [0, 0.05) is 42.4 Å². The Kier molecular flexibility index (Phi) is 6.87. The van der Waals surface area contributed by atoms with Gasteiger partial charge in [-0.05, 0) is 37.1 Å². The van der Waals surface area contributed by atoms with Crippen molar-refractivity contribution < 1.29 is 14.0 Å². The second-order valence-corrected chi connectivity index (χ2v) is 7.18. The van der Waals surface area contributed by atoms with Crippen molar-refractivity contribution in [3.8, 4) is 11.3 Å². The number of carbonyl (C=O) groups is 2. The molecule has 0 radical (unpaired) electrons. The number of carbonyl (C=O) groups excluding carboxylic acids is 2. The Bertz CT molecular complexity index is 767. The smallest absolute Gasteiger partial charge is 0.223 e. The summed E-state index contributed by atoms with van der Waals surface area (Å²) in [4.78, 5) is 28.0. The number of benzene rings is 1. The van der Waals surface area contributed by atoms with Gasteiger partial charge in [-0.1, -0.05) is 24.4 Å². The van der Waals surface area contributed by atoms with E-state index < -0.39 is 0 Å². The van der Waals surface area contributed by atoms with Gasteiger partial charge in [0.25, 0.3) is 0 Å². The van der Waals surface area contributed by atoms with E-state index in [4.69, 9.17) is 16.0 Å². The molecule has 2 N–H and O–H groups in total. The minimum absolute atomic E-state index is 0.0867. The molecule has 0 unspecified atom stereocenters. The van der Waals surface area contributed by atoms with Crippen LogP contribution in [0.15, 0.2) is 34.9 Å². The molecule has 1 aromatic carbocycles. The zero-order chi connectivity index (χ0) is 19.1. The van der Waals surface area contributed by atoms with E-state index in [0.717, 1.165) is 31.2 Å². The number of hydrogen-bond acceptors (Lipinski definition) is 4. The molecule has 0 aliphatic heterocycles. The monoisotopic (exact) mass is 389 g/mol. The molecule has 0 bridgehead atoms. The lowest BCUT2D eigenvalue weighted by atomic mass is 10.1. The highest BCUT2D eigenvalue weighted by atomic mass is 35.5. The van der Waals surface area contributed by atoms with Gasteiger partial charge in [0.15, 0.2) is 11.7 Å². The van der Waals surface area contributed by atoms with Crippen LogP contribution in [0.2, 0.25) is 5.02 Å². The summed E-state index contributed by atoms with van der Waals surface area (Å²) in [5.41, 5.74) is 0.889. The quantitative estimate of drug-likeness (QED) is 0.678. The van der Waals surface area contributed by atoms with Gasteiger partial charge in [-0.2, -0.15) is 0 Å². The summed E-state index contributed by atoms with van der Waals surface area (Å²) in [5, 5.41) is 6.35. The highest BCUT2D eigenvalue weighted by molar-refractivity contribution is 6.30. The number of rotatable bonds is 8. The predicted octanol–water partition coefficient (Wildman–Crippen LogP) is 3.35. The van der Waals surface area contributed by atoms with Gasteiger partial charge in [0.2, 0.25) is 11.8 Å². The van der Waals surface area contributed by atoms with Crippen LogP contribution in [-0.4, -0.2) is 29.9 Å². The normalized spacial score (nSPS) is 14.3. The molecule has 6 nitrogen and oxygen atoms in total. The first-order chi connectivity index (χ1) is 13.1. The minimum atomic E-state index is -0.0867. The Balaban J connectivity index is 1.34. The first-order valence-corrected chi connectivity index (χ1v) is 9.74. The summed E-state index contributed by atoms with van der Waals surface area (Å²) in [6.07, 6.45) is 6.59. The van der Waals surface area contributed by atoms with Crippen LogP contribution in [0.5, 0.6) is 0 Å². The Hall–Kier alpha value is -2.34. The van der Waals surface area contributed by atoms with Crippen LogP contribution in [0.3, 0.4) is 0 Å². The summed E-state index contributed by atoms with van der Waals surface area (Å²) in [7, 11) is 0. The molecule has 0 spiro atoms. The van der Waals surface area contributed by atoms with Crippen LogP contribution in [0.1, 0.15) is 38.0 Å². The largest absolute Gasteiger partial charge is 0.441 e. The van der Waals surface area contributed by atoms with Gasteiger partial charge in [0.05, 0.1) is 6.20 Å². The number of amides is 2. The third-order valence-electron chi connectivity index (χ3n) is 4.72. The second-order valence-electron chi connectivity index (χ2n) is 6.75. The molecule has 7 heteroatoms. The van der Waals surface area contributed by atoms with E-state index >= 15 is 0 Å². The first kappa shape index (κ1) is 19.4. The Labute approximate surface area is 163 Å². The number of hydrogen-bond donors (Lipinski definition) is 2. The molecule has 1 fully saturated rings. The van der Waals surface area contributed by atoms with Crippen LogP contribution in [0.25, 0.3) is 11.3 Å². The predicted molar refractivity (Wildman–Crippen MR) is 103 cm³/mol. The maximum atomic E-state index is 11.9. The molecule has 0 atom stereocenters. The number of nitrogens with zero attached hydrogens (tertiary/aromatic N) is 1. The minimum Gasteiger partial charge on any atom is -0.441 e. The van der Waals surface area contributed by atoms with Crippen LogP contribution in [0.4, 0.5) is 0 Å². The molecule has 0 saturated heterocycles. The number of aryl methyl sites for hydroxylation is 1. The van der Waals surface area contributed by atoms with E-state index in [0.29, 0.717) is 36.2 Å². The number of nitrogens with one attached hydrogen (secondary N) is 2. The van der Waals surface area contributed by atoms with E-state index in [1.165, 1.54) is 0 Å². The number of oxazole rings is 1. The fourth-order valence-electron chi connectivity index (χ4n) is 3.20. The summed E-state index contributed by atoms with van der Waals surface area (Å²) in [6.45, 7) is 0.889. The van der Waals surface area contributed by atoms with Crippen molar-refractivity contribution in [2.45, 2.75) is 38.5 Å². The fraction of sp³-hybridized carbons (Fsp3) is 0.450. The SMILES string of the molecule is O=C(CCc1ncc(-c2ccc(Cl)cc2)o1)NCCNC(=O)C1CCCC1. The Morgan fingerprint density at radius 1 is 1.11 bits per heavy atom. The second kappa shape index (κ2) is 9.55. The summed E-state index contributed by atoms with van der Waals surface area (Å²) < 4.78 is 5.68. The summed E-state index contributed by atoms with van der Waals surface area (Å²) in [5.74, 6) is 1.34. The van der Waals surface area contributed by atoms with Gasteiger partial charge in [0.1, 0.15) is 0 Å². The van der Waals surface area contributed by atoms with E-state index in [1.807, 2.05) is 12.1 Å². The van der Waals surface area contributed by atoms with Crippen LogP contribution in [-0.2, 0) is 16.0 Å². The molecule has 1 saturated carbocycles. The maximum Gasteiger partial charge on any atom is 0.223 e. The van der Waals surface area contributed by atoms with Crippen molar-refractivity contribution in [3.63, 3.8) is 0 Å². The number of halogens is 1. The average Bonchev–Trinajstić information content (AvgIpc) is 3.36. The molecule has 1 aliphatic carbocycles. The van der Waals surface area contributed by atoms with Crippen molar-refractivity contribution in [1.82, 2.24) is 15.6 Å². The van der Waals surface area contributed by atoms with Gasteiger partial charge >= 0.3 is 0 Å². The Morgan fingerprint density at radius 3 is 2.56 bits per heavy atom. The zero-order valence-corrected chi connectivity index (χ0v) is 15.9. The standard InChI is InChI=1S/C20H24ClN3O3/c21-16-7-5-14(6-8-16)17-13-24-19(27-17)10-9-18(25)22-11-12-23-20(26)15-3-1-2-4-15/h5-8,13,15H,1-4,9-12H2,(H,22,25)(H,23,26). The van der Waals surface area contributed by atoms with Gasteiger partial charge in [-0.15, -0.1) is 0 Å². The third-order valence-corrected chi connectivity index (χ3v) is 4.97. The fourth-order valence-corrected chi connectivity index (χ4v) is 3.33. The summed E-state index contributed by atoms with van der Waals surface area (Å²) in [6, 6.07) is 7.30. The van der Waals surface area contributed by atoms with Crippen molar-refractivity contribution in [3.05, 3.63) is 41.4 Å². The van der Waals surface area contributed by atoms with E-state index in [2.05, 4.69) is 15.6 Å². The van der Waals surface area contributed by atoms with Crippen molar-refractivity contribution in [1.29, 1.82) is 0 Å². The lowest BCUT2D eigenvalue weighted by Crippen LogP contribution is -2.37. The molecular formula is C20H24ClN3O3. The zero-order valence-electron chi connectivity index (χ0n) is 15.2. The van der Waals surface area contributed by atoms with Crippen molar-refractivity contribution >= 4 is 23.4 Å². The molecule has 144 valence electrons. The summed E-state index contributed by atoms with van der Waals surface area (Å²) >= 11 is 5.88. The highest BCUT2D eigenvalue weighted by Crippen LogP contribution is 2.24. The maximum absolute atomic E-state index is 11.9. The van der Waals surface area contributed by atoms with Crippen molar-refractivity contribution in [2.24, 2.45) is 5.92 Å². The van der Waals surface area contributed by atoms with E-state index in [-0.39, 0.29) is 24.2 Å². The number of aromatic nitrogens is 1. The van der Waals surface area contributed by atoms with Gasteiger partial charge < -0.3 is 15.1 Å².